The van der Waals surface area contributed by atoms with E-state index < -0.39 is 17.2 Å². The largest absolute Gasteiger partial charge is 0.359 e. The summed E-state index contributed by atoms with van der Waals surface area (Å²) in [5, 5.41) is 2.21. The minimum absolute atomic E-state index is 0.305. The van der Waals surface area contributed by atoms with Crippen LogP contribution in [0.15, 0.2) is 45.5 Å². The van der Waals surface area contributed by atoms with Crippen molar-refractivity contribution in [1.82, 2.24) is 14.9 Å². The number of nitrogens with zero attached hydrogens (tertiary/aromatic N) is 4. The molecule has 0 N–H and O–H groups in total. The van der Waals surface area contributed by atoms with Crippen molar-refractivity contribution in [3.8, 4) is 0 Å². The summed E-state index contributed by atoms with van der Waals surface area (Å²) in [7, 11) is 1.51. The number of rotatable bonds is 15. The fraction of sp³-hybridized carbons (Fsp3) is 0.628. The molecular formula is C43H66N4O3. The third-order valence-corrected chi connectivity index (χ3v) is 10.7. The molecule has 0 aliphatic carbocycles. The lowest BCUT2D eigenvalue weighted by Crippen LogP contribution is -2.56. The van der Waals surface area contributed by atoms with Crippen LogP contribution in [0.4, 0.5) is 0 Å². The topological polar surface area (TPSA) is 73.3 Å². The molecule has 7 nitrogen and oxygen atoms in total. The summed E-state index contributed by atoms with van der Waals surface area (Å²) in [5.74, 6) is 0.973. The lowest BCUT2D eigenvalue weighted by atomic mass is 9.91. The summed E-state index contributed by atoms with van der Waals surface area (Å²) in [5.41, 5.74) is 7.23. The Morgan fingerprint density at radius 1 is 0.860 bits per heavy atom. The van der Waals surface area contributed by atoms with Crippen molar-refractivity contribution in [2.75, 3.05) is 20.1 Å². The van der Waals surface area contributed by atoms with Gasteiger partial charge in [-0.05, 0) is 87.6 Å². The third kappa shape index (κ3) is 9.44. The molecule has 50 heavy (non-hydrogen) atoms. The quantitative estimate of drug-likeness (QED) is 0.136. The van der Waals surface area contributed by atoms with E-state index in [-0.39, 0.29) is 5.91 Å². The van der Waals surface area contributed by atoms with Gasteiger partial charge in [-0.3, -0.25) is 14.4 Å². The standard InChI is InChI=1S/C43H66N4O3/c1-14-18-20-33(16-3)26-46(27-34(17-4)21-19-15-2)37-25-35(39(44-37)38-29(6)22-28(5)23-30(38)7)24-36-31(8)32(9)40(48)47(41(36)49)45(13)42(50)43(10,11)12/h22-24,33-34H,14-21,25-27H2,1-13H3/b36-24-. The van der Waals surface area contributed by atoms with Gasteiger partial charge in [-0.15, -0.1) is 0 Å². The average Bonchev–Trinajstić information content (AvgIpc) is 3.46. The van der Waals surface area contributed by atoms with Gasteiger partial charge in [-0.1, -0.05) is 105 Å². The van der Waals surface area contributed by atoms with E-state index in [0.29, 0.717) is 35.0 Å². The Bertz CT molecular complexity index is 1510. The van der Waals surface area contributed by atoms with Crippen LogP contribution in [0, 0.1) is 38.0 Å². The highest BCUT2D eigenvalue weighted by Crippen LogP contribution is 2.38. The number of aliphatic imine (C=N–C) groups is 1. The van der Waals surface area contributed by atoms with E-state index in [4.69, 9.17) is 4.99 Å². The Labute approximate surface area is 303 Å². The van der Waals surface area contributed by atoms with Crippen LogP contribution in [0.3, 0.4) is 0 Å². The zero-order valence-corrected chi connectivity index (χ0v) is 33.7. The van der Waals surface area contributed by atoms with E-state index in [1.807, 2.05) is 13.0 Å². The van der Waals surface area contributed by atoms with Gasteiger partial charge in [-0.25, -0.2) is 10.0 Å². The summed E-state index contributed by atoms with van der Waals surface area (Å²) in [6.45, 7) is 26.4. The van der Waals surface area contributed by atoms with Crippen LogP contribution in [0.5, 0.6) is 0 Å². The molecule has 276 valence electrons. The molecule has 1 aromatic carbocycles. The fourth-order valence-electron chi connectivity index (χ4n) is 7.39. The summed E-state index contributed by atoms with van der Waals surface area (Å²) in [6, 6.07) is 4.41. The van der Waals surface area contributed by atoms with E-state index in [2.05, 4.69) is 65.5 Å². The Balaban J connectivity index is 2.22. The number of aryl methyl sites for hydroxylation is 3. The predicted octanol–water partition coefficient (Wildman–Crippen LogP) is 9.91. The highest BCUT2D eigenvalue weighted by Gasteiger charge is 2.41. The predicted molar refractivity (Wildman–Crippen MR) is 208 cm³/mol. The zero-order valence-electron chi connectivity index (χ0n) is 33.7. The van der Waals surface area contributed by atoms with Crippen LogP contribution in [0.25, 0.3) is 5.70 Å². The number of hydrogen-bond acceptors (Lipinski definition) is 5. The SMILES string of the molecule is CCCCC(CC)CN(CC(CC)CCCC)C1=NC(c2c(C)cc(C)cc2C)=C(/C=C2\C(=O)N(N(C)C(=O)C(C)(C)C)C(=O)C(C)=C2C)C1. The number of carbonyl (C=O) groups excluding carboxylic acids is 3. The summed E-state index contributed by atoms with van der Waals surface area (Å²) < 4.78 is 0. The van der Waals surface area contributed by atoms with E-state index in [9.17, 15) is 14.4 Å². The van der Waals surface area contributed by atoms with Crippen molar-refractivity contribution in [3.63, 3.8) is 0 Å². The summed E-state index contributed by atoms with van der Waals surface area (Å²) in [6.07, 6.45) is 12.1. The molecule has 2 heterocycles. The maximum atomic E-state index is 14.3. The average molecular weight is 687 g/mol. The van der Waals surface area contributed by atoms with Gasteiger partial charge in [0.25, 0.3) is 11.8 Å². The lowest BCUT2D eigenvalue weighted by Gasteiger charge is -2.37. The molecule has 7 heteroatoms. The van der Waals surface area contributed by atoms with E-state index >= 15 is 0 Å². The second-order valence-electron chi connectivity index (χ2n) is 15.9. The Morgan fingerprint density at radius 2 is 1.38 bits per heavy atom. The Kier molecular flexibility index (Phi) is 14.4. The van der Waals surface area contributed by atoms with E-state index in [1.54, 1.807) is 27.7 Å². The molecule has 1 aromatic rings. The molecular weight excluding hydrogens is 620 g/mol. The van der Waals surface area contributed by atoms with Crippen LogP contribution in [0.2, 0.25) is 0 Å². The van der Waals surface area contributed by atoms with Crippen molar-refractivity contribution >= 4 is 29.3 Å². The lowest BCUT2D eigenvalue weighted by molar-refractivity contribution is -0.171. The van der Waals surface area contributed by atoms with Crippen LogP contribution in [-0.4, -0.2) is 58.6 Å². The second-order valence-corrected chi connectivity index (χ2v) is 15.9. The normalized spacial score (nSPS) is 17.6. The van der Waals surface area contributed by atoms with Gasteiger partial charge in [0.1, 0.15) is 5.84 Å². The van der Waals surface area contributed by atoms with E-state index in [1.165, 1.54) is 56.1 Å². The molecule has 2 aliphatic rings. The van der Waals surface area contributed by atoms with Gasteiger partial charge in [0, 0.05) is 48.7 Å². The zero-order chi connectivity index (χ0) is 37.5. The third-order valence-electron chi connectivity index (χ3n) is 10.7. The minimum Gasteiger partial charge on any atom is -0.359 e. The molecule has 2 aliphatic heterocycles. The first-order valence-corrected chi connectivity index (χ1v) is 19.2. The van der Waals surface area contributed by atoms with E-state index in [0.717, 1.165) is 64.7 Å². The first kappa shape index (κ1) is 40.9. The molecule has 3 amide bonds. The highest BCUT2D eigenvalue weighted by molar-refractivity contribution is 6.17. The molecule has 0 bridgehead atoms. The highest BCUT2D eigenvalue weighted by atomic mass is 16.2. The van der Waals surface area contributed by atoms with Crippen molar-refractivity contribution in [2.24, 2.45) is 22.2 Å². The molecule has 3 rings (SSSR count). The van der Waals surface area contributed by atoms with Crippen molar-refractivity contribution in [1.29, 1.82) is 0 Å². The van der Waals surface area contributed by atoms with Crippen molar-refractivity contribution < 1.29 is 14.4 Å². The number of unbranched alkanes of at least 4 members (excludes halogenated alkanes) is 2. The molecule has 0 aromatic heterocycles. The number of benzene rings is 1. The first-order chi connectivity index (χ1) is 23.5. The second kappa shape index (κ2) is 17.6. The number of carbonyl (C=O) groups is 3. The number of hydrazine groups is 1. The monoisotopic (exact) mass is 687 g/mol. The molecule has 2 atom stereocenters. The van der Waals surface area contributed by atoms with Crippen LogP contribution in [0.1, 0.15) is 142 Å². The maximum absolute atomic E-state index is 14.3. The molecule has 0 radical (unpaired) electrons. The van der Waals surface area contributed by atoms with Crippen LogP contribution < -0.4 is 0 Å². The smallest absolute Gasteiger partial charge is 0.280 e. The molecule has 0 spiro atoms. The number of imide groups is 1. The van der Waals surface area contributed by atoms with Gasteiger partial charge >= 0.3 is 0 Å². The minimum atomic E-state index is -0.766. The van der Waals surface area contributed by atoms with Crippen molar-refractivity contribution in [2.45, 2.75) is 141 Å². The summed E-state index contributed by atoms with van der Waals surface area (Å²) in [4.78, 5) is 49.2. The van der Waals surface area contributed by atoms with Gasteiger partial charge in [0.2, 0.25) is 5.91 Å². The fourth-order valence-corrected chi connectivity index (χ4v) is 7.39. The molecule has 0 saturated carbocycles. The van der Waals surface area contributed by atoms with Gasteiger partial charge in [0.05, 0.1) is 5.70 Å². The maximum Gasteiger partial charge on any atom is 0.280 e. The van der Waals surface area contributed by atoms with Gasteiger partial charge in [-0.2, -0.15) is 5.01 Å². The molecule has 2 unspecified atom stereocenters. The van der Waals surface area contributed by atoms with Crippen LogP contribution in [-0.2, 0) is 14.4 Å². The van der Waals surface area contributed by atoms with Gasteiger partial charge in [0.15, 0.2) is 0 Å². The van der Waals surface area contributed by atoms with Gasteiger partial charge < -0.3 is 4.90 Å². The summed E-state index contributed by atoms with van der Waals surface area (Å²) >= 11 is 0. The Morgan fingerprint density at radius 3 is 1.84 bits per heavy atom. The molecule has 0 fully saturated rings. The number of allylic oxidation sites excluding steroid dienone is 1. The number of amides is 3. The molecule has 0 saturated heterocycles. The number of hydrogen-bond donors (Lipinski definition) is 0. The first-order valence-electron chi connectivity index (χ1n) is 19.2. The number of amidine groups is 1. The Hall–Kier alpha value is -3.48. The van der Waals surface area contributed by atoms with Crippen molar-refractivity contribution in [3.05, 3.63) is 62.8 Å². The van der Waals surface area contributed by atoms with Crippen LogP contribution >= 0.6 is 0 Å².